The van der Waals surface area contributed by atoms with Crippen LogP contribution in [0.4, 0.5) is 0 Å². The molecule has 0 aliphatic carbocycles. The predicted octanol–water partition coefficient (Wildman–Crippen LogP) is -1.98. The maximum atomic E-state index is 8.34. The molecule has 0 aromatic carbocycles. The Hall–Kier alpha value is -0.200. The standard InChI is InChI=1S/C4H11NO3.C3H9N/c5-4(1-6,2-7)3-8;1-2-3-4/h6-8H,1-3,5H2;2-4H2,1H3. The molecule has 0 bridgehead atoms. The second-order valence-electron chi connectivity index (χ2n) is 2.63. The summed E-state index contributed by atoms with van der Waals surface area (Å²) >= 11 is 0. The lowest BCUT2D eigenvalue weighted by molar-refractivity contribution is 0.0698. The number of rotatable bonds is 4. The average Bonchev–Trinajstić information content (AvgIpc) is 2.17. The third-order valence-electron chi connectivity index (χ3n) is 1.23. The number of hydrogen-bond donors (Lipinski definition) is 5. The summed E-state index contributed by atoms with van der Waals surface area (Å²) in [7, 11) is 0. The summed E-state index contributed by atoms with van der Waals surface area (Å²) in [6.07, 6.45) is 1.10. The van der Waals surface area contributed by atoms with Crippen molar-refractivity contribution in [1.29, 1.82) is 0 Å². The molecule has 0 amide bonds. The molecule has 0 radical (unpaired) electrons. The molecule has 0 rings (SSSR count). The Kier molecular flexibility index (Phi) is 10.6. The van der Waals surface area contributed by atoms with Crippen LogP contribution in [-0.4, -0.2) is 47.2 Å². The largest absolute Gasteiger partial charge is 0.394 e. The summed E-state index contributed by atoms with van der Waals surface area (Å²) in [5.74, 6) is 0. The molecule has 0 spiro atoms. The van der Waals surface area contributed by atoms with Gasteiger partial charge in [0.15, 0.2) is 0 Å². The Morgan fingerprint density at radius 3 is 1.33 bits per heavy atom. The van der Waals surface area contributed by atoms with Crippen LogP contribution in [0.25, 0.3) is 0 Å². The second kappa shape index (κ2) is 8.89. The highest BCUT2D eigenvalue weighted by molar-refractivity contribution is 4.80. The van der Waals surface area contributed by atoms with E-state index in [4.69, 9.17) is 26.8 Å². The van der Waals surface area contributed by atoms with Gasteiger partial charge in [-0.1, -0.05) is 6.92 Å². The van der Waals surface area contributed by atoms with E-state index in [1.807, 2.05) is 0 Å². The quantitative estimate of drug-likeness (QED) is 0.344. The summed E-state index contributed by atoms with van der Waals surface area (Å²) in [4.78, 5) is 0. The fourth-order valence-corrected chi connectivity index (χ4v) is 0.150. The molecule has 0 aliphatic heterocycles. The van der Waals surface area contributed by atoms with Gasteiger partial charge in [0.05, 0.1) is 25.4 Å². The lowest BCUT2D eigenvalue weighted by Gasteiger charge is -2.20. The summed E-state index contributed by atoms with van der Waals surface area (Å²) in [5, 5.41) is 25.0. The molecule has 0 aromatic heterocycles. The van der Waals surface area contributed by atoms with E-state index in [0.29, 0.717) is 0 Å². The molecule has 0 saturated carbocycles. The van der Waals surface area contributed by atoms with Crippen molar-refractivity contribution < 1.29 is 15.3 Å². The van der Waals surface area contributed by atoms with E-state index in [1.165, 1.54) is 0 Å². The van der Waals surface area contributed by atoms with Crippen molar-refractivity contribution in [2.24, 2.45) is 11.5 Å². The zero-order chi connectivity index (χ0) is 10.0. The number of aliphatic hydroxyl groups excluding tert-OH is 3. The highest BCUT2D eigenvalue weighted by Gasteiger charge is 2.20. The molecule has 5 nitrogen and oxygen atoms in total. The van der Waals surface area contributed by atoms with Gasteiger partial charge in [-0.3, -0.25) is 0 Å². The molecule has 12 heavy (non-hydrogen) atoms. The number of hydrogen-bond acceptors (Lipinski definition) is 5. The highest BCUT2D eigenvalue weighted by Crippen LogP contribution is 1.93. The van der Waals surface area contributed by atoms with Gasteiger partial charge in [-0.05, 0) is 13.0 Å². The minimum atomic E-state index is -1.21. The van der Waals surface area contributed by atoms with Crippen molar-refractivity contribution in [2.45, 2.75) is 18.9 Å². The lowest BCUT2D eigenvalue weighted by Crippen LogP contribution is -2.50. The predicted molar refractivity (Wildman–Crippen MR) is 47.5 cm³/mol. The van der Waals surface area contributed by atoms with E-state index in [1.54, 1.807) is 0 Å². The van der Waals surface area contributed by atoms with Crippen molar-refractivity contribution in [3.63, 3.8) is 0 Å². The monoisotopic (exact) mass is 180 g/mol. The first-order valence-electron chi connectivity index (χ1n) is 3.91. The zero-order valence-corrected chi connectivity index (χ0v) is 7.53. The van der Waals surface area contributed by atoms with E-state index in [9.17, 15) is 0 Å². The van der Waals surface area contributed by atoms with Crippen LogP contribution in [0.2, 0.25) is 0 Å². The zero-order valence-electron chi connectivity index (χ0n) is 7.53. The van der Waals surface area contributed by atoms with Gasteiger partial charge in [-0.15, -0.1) is 0 Å². The maximum Gasteiger partial charge on any atom is 0.0856 e. The van der Waals surface area contributed by atoms with Gasteiger partial charge in [0.25, 0.3) is 0 Å². The fraction of sp³-hybridized carbons (Fsp3) is 1.00. The summed E-state index contributed by atoms with van der Waals surface area (Å²) in [6, 6.07) is 0. The fourth-order valence-electron chi connectivity index (χ4n) is 0.150. The Morgan fingerprint density at radius 1 is 1.08 bits per heavy atom. The van der Waals surface area contributed by atoms with Gasteiger partial charge in [0, 0.05) is 0 Å². The lowest BCUT2D eigenvalue weighted by atomic mass is 10.1. The van der Waals surface area contributed by atoms with Crippen LogP contribution in [0.3, 0.4) is 0 Å². The maximum absolute atomic E-state index is 8.34. The van der Waals surface area contributed by atoms with E-state index >= 15 is 0 Å². The molecule has 7 N–H and O–H groups in total. The average molecular weight is 180 g/mol. The topological polar surface area (TPSA) is 113 Å². The normalized spacial score (nSPS) is 10.5. The third-order valence-corrected chi connectivity index (χ3v) is 1.23. The molecule has 0 saturated heterocycles. The minimum Gasteiger partial charge on any atom is -0.394 e. The number of aliphatic hydroxyl groups is 3. The van der Waals surface area contributed by atoms with Crippen LogP contribution >= 0.6 is 0 Å². The van der Waals surface area contributed by atoms with Crippen LogP contribution < -0.4 is 11.5 Å². The van der Waals surface area contributed by atoms with Crippen LogP contribution in [-0.2, 0) is 0 Å². The van der Waals surface area contributed by atoms with Gasteiger partial charge in [-0.25, -0.2) is 0 Å². The van der Waals surface area contributed by atoms with Crippen molar-refractivity contribution in [2.75, 3.05) is 26.4 Å². The molecule has 0 aromatic rings. The first kappa shape index (κ1) is 14.3. The Bertz CT molecular complexity index is 76.5. The van der Waals surface area contributed by atoms with Gasteiger partial charge in [-0.2, -0.15) is 0 Å². The Balaban J connectivity index is 0. The first-order valence-corrected chi connectivity index (χ1v) is 3.91. The van der Waals surface area contributed by atoms with Crippen LogP contribution in [0.1, 0.15) is 13.3 Å². The molecule has 76 valence electrons. The second-order valence-corrected chi connectivity index (χ2v) is 2.63. The van der Waals surface area contributed by atoms with Crippen molar-refractivity contribution >= 4 is 0 Å². The summed E-state index contributed by atoms with van der Waals surface area (Å²) in [6.45, 7) is 1.67. The van der Waals surface area contributed by atoms with Gasteiger partial charge in [0.2, 0.25) is 0 Å². The number of nitrogens with two attached hydrogens (primary N) is 2. The summed E-state index contributed by atoms with van der Waals surface area (Å²) < 4.78 is 0. The third kappa shape index (κ3) is 7.90. The highest BCUT2D eigenvalue weighted by atomic mass is 16.3. The smallest absolute Gasteiger partial charge is 0.0856 e. The van der Waals surface area contributed by atoms with Crippen molar-refractivity contribution in [3.05, 3.63) is 0 Å². The molecule has 0 atom stereocenters. The van der Waals surface area contributed by atoms with Crippen LogP contribution in [0.5, 0.6) is 0 Å². The first-order chi connectivity index (χ1) is 5.60. The van der Waals surface area contributed by atoms with Crippen LogP contribution in [0.15, 0.2) is 0 Å². The molecule has 5 heteroatoms. The molecule has 0 fully saturated rings. The van der Waals surface area contributed by atoms with E-state index in [2.05, 4.69) is 6.92 Å². The molecule has 0 aliphatic rings. The van der Waals surface area contributed by atoms with Crippen molar-refractivity contribution in [3.8, 4) is 0 Å². The Morgan fingerprint density at radius 2 is 1.33 bits per heavy atom. The van der Waals surface area contributed by atoms with Crippen LogP contribution in [0, 0.1) is 0 Å². The van der Waals surface area contributed by atoms with Gasteiger partial charge in [0.1, 0.15) is 0 Å². The SMILES string of the molecule is CCCN.NC(CO)(CO)CO. The van der Waals surface area contributed by atoms with E-state index in [-0.39, 0.29) is 0 Å². The molecular weight excluding hydrogens is 160 g/mol. The summed E-state index contributed by atoms with van der Waals surface area (Å²) in [5.41, 5.74) is 8.97. The van der Waals surface area contributed by atoms with Crippen molar-refractivity contribution in [1.82, 2.24) is 0 Å². The molecular formula is C7H20N2O3. The molecule has 0 unspecified atom stereocenters. The molecule has 0 heterocycles. The minimum absolute atomic E-state index is 0.403. The van der Waals surface area contributed by atoms with E-state index in [0.717, 1.165) is 13.0 Å². The van der Waals surface area contributed by atoms with Gasteiger partial charge < -0.3 is 26.8 Å². The van der Waals surface area contributed by atoms with Gasteiger partial charge >= 0.3 is 0 Å². The Labute approximate surface area is 73.0 Å². The van der Waals surface area contributed by atoms with E-state index < -0.39 is 25.4 Å².